The van der Waals surface area contributed by atoms with Crippen LogP contribution in [-0.4, -0.2) is 38.2 Å². The number of nitrogens with one attached hydrogen (secondary N) is 1. The molecule has 1 atom stereocenters. The third-order valence-electron chi connectivity index (χ3n) is 7.73. The maximum absolute atomic E-state index is 13.1. The molecule has 1 aliphatic carbocycles. The Balaban J connectivity index is 1.37. The van der Waals surface area contributed by atoms with Crippen molar-refractivity contribution in [2.75, 3.05) is 0 Å². The highest BCUT2D eigenvalue weighted by molar-refractivity contribution is 6.05. The van der Waals surface area contributed by atoms with E-state index in [-0.39, 0.29) is 24.1 Å². The second kappa shape index (κ2) is 8.48. The van der Waals surface area contributed by atoms with E-state index < -0.39 is 6.04 Å². The first kappa shape index (κ1) is 21.8. The molecule has 178 valence electrons. The molecule has 7 heteroatoms. The minimum atomic E-state index is -0.611. The first-order valence-corrected chi connectivity index (χ1v) is 12.4. The molecule has 2 aliphatic heterocycles. The lowest BCUT2D eigenvalue weighted by molar-refractivity contribution is -0.136. The Kier molecular flexibility index (Phi) is 5.28. The molecule has 3 amide bonds. The number of aromatic nitrogens is 2. The lowest BCUT2D eigenvalue weighted by Crippen LogP contribution is -2.52. The van der Waals surface area contributed by atoms with Crippen molar-refractivity contribution >= 4 is 17.7 Å². The molecular weight excluding hydrogens is 440 g/mol. The lowest BCUT2D eigenvalue weighted by atomic mass is 9.83. The Morgan fingerprint density at radius 1 is 1.00 bits per heavy atom. The van der Waals surface area contributed by atoms with Gasteiger partial charge >= 0.3 is 0 Å². The van der Waals surface area contributed by atoms with E-state index in [4.69, 9.17) is 4.98 Å². The van der Waals surface area contributed by atoms with Gasteiger partial charge in [-0.2, -0.15) is 0 Å². The normalized spacial score (nSPS) is 20.1. The van der Waals surface area contributed by atoms with Crippen molar-refractivity contribution in [3.05, 3.63) is 65.5 Å². The minimum Gasteiger partial charge on any atom is -0.331 e. The Morgan fingerprint density at radius 2 is 1.80 bits per heavy atom. The van der Waals surface area contributed by atoms with Gasteiger partial charge in [0.15, 0.2) is 0 Å². The van der Waals surface area contributed by atoms with Gasteiger partial charge in [0, 0.05) is 43.1 Å². The quantitative estimate of drug-likeness (QED) is 0.577. The van der Waals surface area contributed by atoms with E-state index in [2.05, 4.69) is 29.1 Å². The number of amides is 3. The van der Waals surface area contributed by atoms with Crippen LogP contribution in [0.15, 0.2) is 48.5 Å². The van der Waals surface area contributed by atoms with Crippen LogP contribution in [-0.2, 0) is 29.6 Å². The summed E-state index contributed by atoms with van der Waals surface area (Å²) >= 11 is 0. The summed E-state index contributed by atoms with van der Waals surface area (Å²) < 4.78 is 2.22. The van der Waals surface area contributed by atoms with E-state index in [1.165, 1.54) is 19.3 Å². The van der Waals surface area contributed by atoms with Gasteiger partial charge in [-0.05, 0) is 30.0 Å². The molecule has 3 aliphatic rings. The van der Waals surface area contributed by atoms with Crippen molar-refractivity contribution in [2.24, 2.45) is 13.0 Å². The summed E-state index contributed by atoms with van der Waals surface area (Å²) in [6, 6.07) is 15.6. The first-order valence-electron chi connectivity index (χ1n) is 12.4. The van der Waals surface area contributed by atoms with Gasteiger partial charge in [-0.25, -0.2) is 4.98 Å². The number of imidazole rings is 1. The molecule has 1 saturated carbocycles. The van der Waals surface area contributed by atoms with Gasteiger partial charge in [-0.3, -0.25) is 19.7 Å². The van der Waals surface area contributed by atoms with E-state index in [9.17, 15) is 14.4 Å². The van der Waals surface area contributed by atoms with Crippen LogP contribution < -0.4 is 5.32 Å². The average Bonchev–Trinajstić information content (AvgIpc) is 3.33. The maximum atomic E-state index is 13.1. The SMILES string of the molecule is Cn1c(CC2CCC2)nc(-c2ccc3c(c2)CN(C2CCC(=O)NC2=O)C3=O)c1-c1ccccc1. The van der Waals surface area contributed by atoms with Crippen molar-refractivity contribution in [3.8, 4) is 22.5 Å². The van der Waals surface area contributed by atoms with Crippen LogP contribution in [0.3, 0.4) is 0 Å². The number of hydrogen-bond donors (Lipinski definition) is 1. The average molecular weight is 469 g/mol. The predicted octanol–water partition coefficient (Wildman–Crippen LogP) is 3.86. The minimum absolute atomic E-state index is 0.156. The summed E-state index contributed by atoms with van der Waals surface area (Å²) in [6.07, 6.45) is 5.42. The number of carbonyl (C=O) groups is 3. The molecule has 1 N–H and O–H groups in total. The Hall–Kier alpha value is -3.74. The van der Waals surface area contributed by atoms with Gasteiger partial charge in [0.05, 0.1) is 11.4 Å². The van der Waals surface area contributed by atoms with E-state index in [1.807, 2.05) is 36.4 Å². The molecule has 3 heterocycles. The fourth-order valence-corrected chi connectivity index (χ4v) is 5.53. The second-order valence-corrected chi connectivity index (χ2v) is 9.92. The maximum Gasteiger partial charge on any atom is 0.255 e. The molecule has 2 aromatic carbocycles. The zero-order valence-electron chi connectivity index (χ0n) is 19.8. The van der Waals surface area contributed by atoms with Crippen LogP contribution in [0.4, 0.5) is 0 Å². The summed E-state index contributed by atoms with van der Waals surface area (Å²) in [7, 11) is 2.09. The third-order valence-corrected chi connectivity index (χ3v) is 7.73. The Labute approximate surface area is 204 Å². The molecule has 0 radical (unpaired) electrons. The molecule has 35 heavy (non-hydrogen) atoms. The zero-order chi connectivity index (χ0) is 24.1. The van der Waals surface area contributed by atoms with E-state index >= 15 is 0 Å². The number of carbonyl (C=O) groups excluding carboxylic acids is 3. The lowest BCUT2D eigenvalue weighted by Gasteiger charge is -2.29. The molecule has 7 nitrogen and oxygen atoms in total. The van der Waals surface area contributed by atoms with Gasteiger partial charge < -0.3 is 9.47 Å². The summed E-state index contributed by atoms with van der Waals surface area (Å²) in [5.74, 6) is 0.965. The van der Waals surface area contributed by atoms with Gasteiger partial charge in [-0.15, -0.1) is 0 Å². The van der Waals surface area contributed by atoms with E-state index in [0.717, 1.165) is 40.3 Å². The molecule has 1 saturated heterocycles. The molecule has 0 spiro atoms. The van der Waals surface area contributed by atoms with E-state index in [1.54, 1.807) is 4.90 Å². The number of piperidine rings is 1. The molecule has 0 bridgehead atoms. The largest absolute Gasteiger partial charge is 0.331 e. The topological polar surface area (TPSA) is 84.3 Å². The molecule has 1 unspecified atom stereocenters. The Morgan fingerprint density at radius 3 is 2.51 bits per heavy atom. The molecular formula is C28H28N4O3. The fraction of sp³-hybridized carbons (Fsp3) is 0.357. The fourth-order valence-electron chi connectivity index (χ4n) is 5.53. The highest BCUT2D eigenvalue weighted by atomic mass is 16.2. The van der Waals surface area contributed by atoms with Crippen LogP contribution in [0.2, 0.25) is 0 Å². The molecule has 6 rings (SSSR count). The summed E-state index contributed by atoms with van der Waals surface area (Å²) in [5, 5.41) is 2.37. The van der Waals surface area contributed by atoms with Crippen molar-refractivity contribution in [1.29, 1.82) is 0 Å². The number of imide groups is 1. The third kappa shape index (κ3) is 3.75. The highest BCUT2D eigenvalue weighted by Gasteiger charge is 2.39. The first-order chi connectivity index (χ1) is 17.0. The standard InChI is InChI=1S/C28H28N4O3/c1-31-23(14-17-6-5-7-17)29-25(26(31)18-8-3-2-4-9-18)19-10-11-21-20(15-19)16-32(28(21)35)22-12-13-24(33)30-27(22)34/h2-4,8-11,15,17,22H,5-7,12-14,16H2,1H3,(H,30,33,34). The summed E-state index contributed by atoms with van der Waals surface area (Å²) in [5.41, 5.74) is 5.58. The van der Waals surface area contributed by atoms with E-state index in [0.29, 0.717) is 24.4 Å². The number of nitrogens with zero attached hydrogens (tertiary/aromatic N) is 3. The predicted molar refractivity (Wildman–Crippen MR) is 131 cm³/mol. The van der Waals surface area contributed by atoms with Gasteiger partial charge in [-0.1, -0.05) is 55.7 Å². The molecule has 1 aromatic heterocycles. The van der Waals surface area contributed by atoms with Crippen molar-refractivity contribution in [2.45, 2.75) is 51.1 Å². The number of benzene rings is 2. The number of hydrogen-bond acceptors (Lipinski definition) is 4. The van der Waals surface area contributed by atoms with Crippen LogP contribution in [0.25, 0.3) is 22.5 Å². The zero-order valence-corrected chi connectivity index (χ0v) is 19.8. The number of rotatable bonds is 5. The smallest absolute Gasteiger partial charge is 0.255 e. The van der Waals surface area contributed by atoms with Crippen LogP contribution >= 0.6 is 0 Å². The second-order valence-electron chi connectivity index (χ2n) is 9.92. The van der Waals surface area contributed by atoms with Gasteiger partial charge in [0.1, 0.15) is 11.9 Å². The number of fused-ring (bicyclic) bond motifs is 1. The van der Waals surface area contributed by atoms with Crippen molar-refractivity contribution in [1.82, 2.24) is 19.8 Å². The summed E-state index contributed by atoms with van der Waals surface area (Å²) in [6.45, 7) is 0.358. The van der Waals surface area contributed by atoms with Gasteiger partial charge in [0.2, 0.25) is 11.8 Å². The molecule has 2 fully saturated rings. The summed E-state index contributed by atoms with van der Waals surface area (Å²) in [4.78, 5) is 43.8. The van der Waals surface area contributed by atoms with Crippen LogP contribution in [0.1, 0.15) is 53.8 Å². The van der Waals surface area contributed by atoms with Crippen LogP contribution in [0, 0.1) is 5.92 Å². The van der Waals surface area contributed by atoms with Crippen molar-refractivity contribution in [3.63, 3.8) is 0 Å². The van der Waals surface area contributed by atoms with Crippen LogP contribution in [0.5, 0.6) is 0 Å². The monoisotopic (exact) mass is 468 g/mol. The Bertz CT molecular complexity index is 1340. The molecule has 3 aromatic rings. The van der Waals surface area contributed by atoms with Gasteiger partial charge in [0.25, 0.3) is 5.91 Å². The van der Waals surface area contributed by atoms with Crippen molar-refractivity contribution < 1.29 is 14.4 Å². The highest BCUT2D eigenvalue weighted by Crippen LogP contribution is 2.37.